The number of benzene rings is 1. The molecule has 1 aromatic rings. The first-order chi connectivity index (χ1) is 9.65. The molecule has 1 aliphatic rings. The van der Waals surface area contributed by atoms with Crippen LogP contribution < -0.4 is 0 Å². The number of nitrogens with zero attached hydrogens (tertiary/aromatic N) is 1. The molecule has 0 saturated heterocycles. The third-order valence-electron chi connectivity index (χ3n) is 3.47. The summed E-state index contributed by atoms with van der Waals surface area (Å²) in [7, 11) is 0. The molecule has 1 amide bonds. The minimum atomic E-state index is -0.426. The van der Waals surface area contributed by atoms with Gasteiger partial charge in [0.2, 0.25) is 0 Å². The summed E-state index contributed by atoms with van der Waals surface area (Å²) in [5.74, 6) is 0. The Bertz CT molecular complexity index is 574. The first-order valence-corrected chi connectivity index (χ1v) is 7.05. The van der Waals surface area contributed by atoms with E-state index in [-0.39, 0.29) is 6.04 Å². The van der Waals surface area contributed by atoms with E-state index in [2.05, 4.69) is 12.6 Å². The summed E-state index contributed by atoms with van der Waals surface area (Å²) < 4.78 is 0. The van der Waals surface area contributed by atoms with Crippen molar-refractivity contribution >= 4 is 17.0 Å². The molecule has 0 saturated carbocycles. The highest BCUT2D eigenvalue weighted by molar-refractivity contribution is 6.62. The van der Waals surface area contributed by atoms with Crippen molar-refractivity contribution in [3.05, 3.63) is 71.8 Å². The van der Waals surface area contributed by atoms with E-state index in [9.17, 15) is 4.79 Å². The SMILES string of the molecule is C=C(/C=C\C=C/C)[C@H]1c2ccccc2CCN1C(=O)Cl. The molecule has 20 heavy (non-hydrogen) atoms. The lowest BCUT2D eigenvalue weighted by molar-refractivity contribution is 0.204. The molecule has 0 fully saturated rings. The number of amides is 1. The van der Waals surface area contributed by atoms with Crippen LogP contribution in [0.1, 0.15) is 24.1 Å². The van der Waals surface area contributed by atoms with Crippen LogP contribution in [0.15, 0.2) is 60.7 Å². The zero-order valence-electron chi connectivity index (χ0n) is 11.6. The van der Waals surface area contributed by atoms with Crippen LogP contribution in [0.3, 0.4) is 0 Å². The molecule has 104 valence electrons. The average molecular weight is 288 g/mol. The Morgan fingerprint density at radius 3 is 2.85 bits per heavy atom. The second-order valence-corrected chi connectivity index (χ2v) is 5.08. The largest absolute Gasteiger partial charge is 0.318 e. The minimum absolute atomic E-state index is 0.175. The maximum Gasteiger partial charge on any atom is 0.317 e. The van der Waals surface area contributed by atoms with Gasteiger partial charge < -0.3 is 4.90 Å². The lowest BCUT2D eigenvalue weighted by Crippen LogP contribution is -2.37. The van der Waals surface area contributed by atoms with Crippen LogP contribution in [-0.2, 0) is 6.42 Å². The van der Waals surface area contributed by atoms with E-state index in [1.807, 2.05) is 49.4 Å². The molecular formula is C17H18ClNO. The van der Waals surface area contributed by atoms with Gasteiger partial charge in [-0.15, -0.1) is 0 Å². The third kappa shape index (κ3) is 3.02. The first-order valence-electron chi connectivity index (χ1n) is 6.67. The van der Waals surface area contributed by atoms with E-state index in [0.717, 1.165) is 17.6 Å². The zero-order valence-corrected chi connectivity index (χ0v) is 12.3. The molecule has 1 aromatic carbocycles. The van der Waals surface area contributed by atoms with Gasteiger partial charge in [-0.1, -0.05) is 55.1 Å². The van der Waals surface area contributed by atoms with Crippen LogP contribution in [0, 0.1) is 0 Å². The van der Waals surface area contributed by atoms with Crippen molar-refractivity contribution in [1.29, 1.82) is 0 Å². The Hall–Kier alpha value is -1.80. The van der Waals surface area contributed by atoms with Gasteiger partial charge in [0.05, 0.1) is 6.04 Å². The summed E-state index contributed by atoms with van der Waals surface area (Å²) in [5.41, 5.74) is 3.24. The van der Waals surface area contributed by atoms with Crippen LogP contribution in [0.2, 0.25) is 0 Å². The van der Waals surface area contributed by atoms with Crippen molar-refractivity contribution in [2.24, 2.45) is 0 Å². The smallest absolute Gasteiger partial charge is 0.317 e. The van der Waals surface area contributed by atoms with Crippen molar-refractivity contribution in [3.63, 3.8) is 0 Å². The fourth-order valence-electron chi connectivity index (χ4n) is 2.54. The number of hydrogen-bond donors (Lipinski definition) is 0. The summed E-state index contributed by atoms with van der Waals surface area (Å²) >= 11 is 5.73. The van der Waals surface area contributed by atoms with E-state index in [1.165, 1.54) is 5.56 Å². The van der Waals surface area contributed by atoms with Crippen LogP contribution >= 0.6 is 11.6 Å². The van der Waals surface area contributed by atoms with E-state index in [4.69, 9.17) is 11.6 Å². The number of rotatable bonds is 3. The Balaban J connectivity index is 2.38. The summed E-state index contributed by atoms with van der Waals surface area (Å²) in [6, 6.07) is 7.97. The van der Waals surface area contributed by atoms with Crippen molar-refractivity contribution in [1.82, 2.24) is 4.90 Å². The molecule has 0 radical (unpaired) electrons. The molecule has 0 spiro atoms. The molecule has 0 aromatic heterocycles. The second kappa shape index (κ2) is 6.58. The van der Waals surface area contributed by atoms with Gasteiger partial charge >= 0.3 is 5.37 Å². The monoisotopic (exact) mass is 287 g/mol. The minimum Gasteiger partial charge on any atom is -0.318 e. The molecule has 2 rings (SSSR count). The van der Waals surface area contributed by atoms with Gasteiger partial charge in [-0.05, 0) is 41.6 Å². The highest BCUT2D eigenvalue weighted by atomic mass is 35.5. The Labute approximate surface area is 125 Å². The van der Waals surface area contributed by atoms with Gasteiger partial charge in [0.1, 0.15) is 0 Å². The quantitative estimate of drug-likeness (QED) is 0.451. The van der Waals surface area contributed by atoms with Crippen LogP contribution in [-0.4, -0.2) is 16.8 Å². The van der Waals surface area contributed by atoms with Crippen molar-refractivity contribution in [3.8, 4) is 0 Å². The highest BCUT2D eigenvalue weighted by Crippen LogP contribution is 2.35. The molecule has 1 heterocycles. The van der Waals surface area contributed by atoms with Crippen molar-refractivity contribution in [2.75, 3.05) is 6.54 Å². The maximum atomic E-state index is 11.7. The molecular weight excluding hydrogens is 270 g/mol. The zero-order chi connectivity index (χ0) is 14.5. The summed E-state index contributed by atoms with van der Waals surface area (Å²) in [6.07, 6.45) is 8.57. The number of carbonyl (C=O) groups excluding carboxylic acids is 1. The molecule has 3 heteroatoms. The number of fused-ring (bicyclic) bond motifs is 1. The molecule has 2 nitrogen and oxygen atoms in total. The third-order valence-corrected chi connectivity index (χ3v) is 3.69. The average Bonchev–Trinajstić information content (AvgIpc) is 2.46. The fourth-order valence-corrected chi connectivity index (χ4v) is 2.72. The fraction of sp³-hybridized carbons (Fsp3) is 0.235. The lowest BCUT2D eigenvalue weighted by atomic mass is 9.89. The number of hydrogen-bond acceptors (Lipinski definition) is 1. The van der Waals surface area contributed by atoms with E-state index >= 15 is 0 Å². The van der Waals surface area contributed by atoms with Gasteiger partial charge in [-0.25, -0.2) is 0 Å². The van der Waals surface area contributed by atoms with Crippen LogP contribution in [0.5, 0.6) is 0 Å². The lowest BCUT2D eigenvalue weighted by Gasteiger charge is -2.36. The second-order valence-electron chi connectivity index (χ2n) is 4.76. The Kier molecular flexibility index (Phi) is 4.80. The summed E-state index contributed by atoms with van der Waals surface area (Å²) in [4.78, 5) is 13.3. The molecule has 0 bridgehead atoms. The van der Waals surface area contributed by atoms with Gasteiger partial charge in [-0.2, -0.15) is 0 Å². The predicted octanol–water partition coefficient (Wildman–Crippen LogP) is 4.63. The molecule has 0 aliphatic carbocycles. The highest BCUT2D eigenvalue weighted by Gasteiger charge is 2.30. The Morgan fingerprint density at radius 1 is 1.40 bits per heavy atom. The normalized spacial score (nSPS) is 18.5. The number of halogens is 1. The van der Waals surface area contributed by atoms with Crippen molar-refractivity contribution < 1.29 is 4.79 Å². The number of allylic oxidation sites excluding steroid dienone is 3. The van der Waals surface area contributed by atoms with Gasteiger partial charge in [0.15, 0.2) is 0 Å². The molecule has 1 aliphatic heterocycles. The van der Waals surface area contributed by atoms with E-state index < -0.39 is 5.37 Å². The topological polar surface area (TPSA) is 20.3 Å². The van der Waals surface area contributed by atoms with E-state index in [0.29, 0.717) is 6.54 Å². The first kappa shape index (κ1) is 14.6. The van der Waals surface area contributed by atoms with Crippen LogP contribution in [0.4, 0.5) is 4.79 Å². The Morgan fingerprint density at radius 2 is 2.15 bits per heavy atom. The summed E-state index contributed by atoms with van der Waals surface area (Å²) in [6.45, 7) is 6.69. The maximum absolute atomic E-state index is 11.7. The van der Waals surface area contributed by atoms with E-state index in [1.54, 1.807) is 4.90 Å². The van der Waals surface area contributed by atoms with Gasteiger partial charge in [-0.3, -0.25) is 4.79 Å². The van der Waals surface area contributed by atoms with Crippen LogP contribution in [0.25, 0.3) is 0 Å². The van der Waals surface area contributed by atoms with Gasteiger partial charge in [0.25, 0.3) is 0 Å². The predicted molar refractivity (Wildman–Crippen MR) is 83.9 cm³/mol. The summed E-state index contributed by atoms with van der Waals surface area (Å²) in [5, 5.41) is -0.426. The molecule has 0 N–H and O–H groups in total. The standard InChI is InChI=1S/C17H18ClNO/c1-3-4-5-8-13(2)16-15-10-7-6-9-14(15)11-12-19(16)17(18)20/h3-10,16H,2,11-12H2,1H3/b4-3-,8-5-/t16-/m0/s1. The van der Waals surface area contributed by atoms with Crippen molar-refractivity contribution in [2.45, 2.75) is 19.4 Å². The number of carbonyl (C=O) groups is 1. The van der Waals surface area contributed by atoms with Gasteiger partial charge in [0, 0.05) is 6.54 Å². The molecule has 1 atom stereocenters. The molecule has 0 unspecified atom stereocenters.